The topological polar surface area (TPSA) is 69.9 Å². The highest BCUT2D eigenvalue weighted by Crippen LogP contribution is 2.20. The first-order chi connectivity index (χ1) is 7.61. The number of hydrogen-bond acceptors (Lipinski definition) is 3. The molecule has 4 heteroatoms. The van der Waals surface area contributed by atoms with Crippen LogP contribution in [0, 0.1) is 5.92 Å². The van der Waals surface area contributed by atoms with Gasteiger partial charge in [0.25, 0.3) is 0 Å². The maximum absolute atomic E-state index is 5.91. The van der Waals surface area contributed by atoms with Crippen LogP contribution in [0.2, 0.25) is 0 Å². The van der Waals surface area contributed by atoms with Crippen molar-refractivity contribution >= 4 is 17.0 Å². The number of hydrogen-bond donors (Lipinski definition) is 2. The Labute approximate surface area is 95.3 Å². The van der Waals surface area contributed by atoms with Gasteiger partial charge in [-0.3, -0.25) is 0 Å². The molecule has 0 saturated heterocycles. The molecule has 0 aliphatic carbocycles. The highest BCUT2D eigenvalue weighted by molar-refractivity contribution is 5.79. The van der Waals surface area contributed by atoms with Gasteiger partial charge in [0.15, 0.2) is 0 Å². The lowest BCUT2D eigenvalue weighted by atomic mass is 10.2. The second-order valence-corrected chi connectivity index (χ2v) is 4.50. The summed E-state index contributed by atoms with van der Waals surface area (Å²) in [4.78, 5) is 4.36. The summed E-state index contributed by atoms with van der Waals surface area (Å²) in [5.41, 5.74) is 14.6. The van der Waals surface area contributed by atoms with Crippen LogP contribution in [0.3, 0.4) is 0 Å². The molecule has 0 radical (unpaired) electrons. The van der Waals surface area contributed by atoms with Gasteiger partial charge in [-0.15, -0.1) is 0 Å². The molecule has 2 aromatic rings. The number of anilines is 1. The fourth-order valence-electron chi connectivity index (χ4n) is 1.88. The molecule has 1 aromatic heterocycles. The number of benzene rings is 1. The monoisotopic (exact) mass is 218 g/mol. The summed E-state index contributed by atoms with van der Waals surface area (Å²) in [7, 11) is 0. The van der Waals surface area contributed by atoms with Gasteiger partial charge in [0.05, 0.1) is 11.0 Å². The Kier molecular flexibility index (Phi) is 2.83. The summed E-state index contributed by atoms with van der Waals surface area (Å²) in [6.45, 7) is 5.76. The summed E-state index contributed by atoms with van der Waals surface area (Å²) in [6, 6.07) is 6.08. The molecule has 0 bridgehead atoms. The van der Waals surface area contributed by atoms with Crippen molar-refractivity contribution in [1.82, 2.24) is 9.55 Å². The number of fused-ring (bicyclic) bond motifs is 1. The summed E-state index contributed by atoms with van der Waals surface area (Å²) >= 11 is 0. The average Bonchev–Trinajstić information content (AvgIpc) is 2.54. The van der Waals surface area contributed by atoms with Crippen molar-refractivity contribution in [1.29, 1.82) is 0 Å². The van der Waals surface area contributed by atoms with Crippen LogP contribution in [-0.4, -0.2) is 9.55 Å². The average molecular weight is 218 g/mol. The first kappa shape index (κ1) is 11.0. The molecule has 0 aliphatic rings. The molecule has 0 atom stereocenters. The van der Waals surface area contributed by atoms with E-state index in [2.05, 4.69) is 23.4 Å². The Morgan fingerprint density at radius 2 is 2.12 bits per heavy atom. The van der Waals surface area contributed by atoms with Crippen LogP contribution in [0.5, 0.6) is 0 Å². The Morgan fingerprint density at radius 1 is 1.38 bits per heavy atom. The van der Waals surface area contributed by atoms with Crippen LogP contribution in [0.1, 0.15) is 19.4 Å². The summed E-state index contributed by atoms with van der Waals surface area (Å²) in [5, 5.41) is 0. The summed E-state index contributed by atoms with van der Waals surface area (Å²) < 4.78 is 2.06. The molecule has 1 heterocycles. The SMILES string of the molecule is CC(C)Cn1c(N)nc2cc(CN)ccc21. The second kappa shape index (κ2) is 4.14. The van der Waals surface area contributed by atoms with E-state index in [1.165, 1.54) is 0 Å². The van der Waals surface area contributed by atoms with Gasteiger partial charge >= 0.3 is 0 Å². The molecule has 1 aromatic carbocycles. The molecular weight excluding hydrogens is 200 g/mol. The number of imidazole rings is 1. The number of nitrogen functional groups attached to an aromatic ring is 1. The molecule has 2 rings (SSSR count). The lowest BCUT2D eigenvalue weighted by Crippen LogP contribution is -2.07. The minimum atomic E-state index is 0.535. The van der Waals surface area contributed by atoms with Gasteiger partial charge in [0.1, 0.15) is 0 Å². The van der Waals surface area contributed by atoms with Gasteiger partial charge in [0, 0.05) is 13.1 Å². The normalized spacial score (nSPS) is 11.5. The molecule has 0 unspecified atom stereocenters. The van der Waals surface area contributed by atoms with Crippen molar-refractivity contribution in [3.05, 3.63) is 23.8 Å². The van der Waals surface area contributed by atoms with E-state index in [1.54, 1.807) is 0 Å². The predicted molar refractivity (Wildman–Crippen MR) is 66.9 cm³/mol. The number of rotatable bonds is 3. The van der Waals surface area contributed by atoms with Gasteiger partial charge in [-0.05, 0) is 23.6 Å². The minimum absolute atomic E-state index is 0.535. The molecule has 0 spiro atoms. The van der Waals surface area contributed by atoms with E-state index in [9.17, 15) is 0 Å². The zero-order chi connectivity index (χ0) is 11.7. The fourth-order valence-corrected chi connectivity index (χ4v) is 1.88. The van der Waals surface area contributed by atoms with Crippen molar-refractivity contribution in [3.8, 4) is 0 Å². The Morgan fingerprint density at radius 3 is 2.75 bits per heavy atom. The molecule has 0 saturated carbocycles. The summed E-state index contributed by atoms with van der Waals surface area (Å²) in [5.74, 6) is 1.13. The molecule has 0 fully saturated rings. The maximum Gasteiger partial charge on any atom is 0.201 e. The van der Waals surface area contributed by atoms with E-state index < -0.39 is 0 Å². The van der Waals surface area contributed by atoms with Gasteiger partial charge in [-0.2, -0.15) is 0 Å². The zero-order valence-corrected chi connectivity index (χ0v) is 9.77. The highest BCUT2D eigenvalue weighted by Gasteiger charge is 2.09. The Bertz CT molecular complexity index is 499. The first-order valence-electron chi connectivity index (χ1n) is 5.56. The molecule has 0 amide bonds. The maximum atomic E-state index is 5.91. The van der Waals surface area contributed by atoms with Crippen LogP contribution in [0.15, 0.2) is 18.2 Å². The van der Waals surface area contributed by atoms with Gasteiger partial charge < -0.3 is 16.0 Å². The lowest BCUT2D eigenvalue weighted by molar-refractivity contribution is 0.538. The van der Waals surface area contributed by atoms with Crippen LogP contribution < -0.4 is 11.5 Å². The fraction of sp³-hybridized carbons (Fsp3) is 0.417. The van der Waals surface area contributed by atoms with Gasteiger partial charge in [0.2, 0.25) is 5.95 Å². The van der Waals surface area contributed by atoms with Crippen molar-refractivity contribution in [2.24, 2.45) is 11.7 Å². The van der Waals surface area contributed by atoms with Crippen molar-refractivity contribution in [3.63, 3.8) is 0 Å². The zero-order valence-electron chi connectivity index (χ0n) is 9.77. The van der Waals surface area contributed by atoms with Gasteiger partial charge in [-0.25, -0.2) is 4.98 Å². The van der Waals surface area contributed by atoms with Crippen LogP contribution in [0.4, 0.5) is 5.95 Å². The molecular formula is C12H18N4. The molecule has 0 aliphatic heterocycles. The van der Waals surface area contributed by atoms with E-state index in [0.29, 0.717) is 18.4 Å². The second-order valence-electron chi connectivity index (χ2n) is 4.50. The number of aromatic nitrogens is 2. The minimum Gasteiger partial charge on any atom is -0.369 e. The predicted octanol–water partition coefficient (Wildman–Crippen LogP) is 1.73. The third kappa shape index (κ3) is 1.88. The Hall–Kier alpha value is -1.55. The van der Waals surface area contributed by atoms with E-state index in [1.807, 2.05) is 18.2 Å². The van der Waals surface area contributed by atoms with Crippen LogP contribution in [-0.2, 0) is 13.1 Å². The van der Waals surface area contributed by atoms with E-state index in [-0.39, 0.29) is 0 Å². The molecule has 4 N–H and O–H groups in total. The van der Waals surface area contributed by atoms with Crippen molar-refractivity contribution < 1.29 is 0 Å². The largest absolute Gasteiger partial charge is 0.369 e. The third-order valence-electron chi connectivity index (χ3n) is 2.63. The van der Waals surface area contributed by atoms with Gasteiger partial charge in [-0.1, -0.05) is 19.9 Å². The van der Waals surface area contributed by atoms with Crippen molar-refractivity contribution in [2.75, 3.05) is 5.73 Å². The quantitative estimate of drug-likeness (QED) is 0.824. The van der Waals surface area contributed by atoms with Crippen LogP contribution in [0.25, 0.3) is 11.0 Å². The Balaban J connectivity index is 2.53. The molecule has 4 nitrogen and oxygen atoms in total. The number of nitrogens with zero attached hydrogens (tertiary/aromatic N) is 2. The van der Waals surface area contributed by atoms with E-state index >= 15 is 0 Å². The standard InChI is InChI=1S/C12H18N4/c1-8(2)7-16-11-4-3-9(6-13)5-10(11)15-12(16)14/h3-5,8H,6-7,13H2,1-2H3,(H2,14,15). The van der Waals surface area contributed by atoms with Crippen molar-refractivity contribution in [2.45, 2.75) is 26.9 Å². The van der Waals surface area contributed by atoms with E-state index in [4.69, 9.17) is 11.5 Å². The lowest BCUT2D eigenvalue weighted by Gasteiger charge is -2.09. The molecule has 86 valence electrons. The third-order valence-corrected chi connectivity index (χ3v) is 2.63. The summed E-state index contributed by atoms with van der Waals surface area (Å²) in [6.07, 6.45) is 0. The number of nitrogens with two attached hydrogens (primary N) is 2. The molecule has 16 heavy (non-hydrogen) atoms. The smallest absolute Gasteiger partial charge is 0.201 e. The first-order valence-corrected chi connectivity index (χ1v) is 5.56. The van der Waals surface area contributed by atoms with Crippen LogP contribution >= 0.6 is 0 Å². The highest BCUT2D eigenvalue weighted by atomic mass is 15.1. The van der Waals surface area contributed by atoms with E-state index in [0.717, 1.165) is 23.1 Å².